The van der Waals surface area contributed by atoms with Crippen molar-refractivity contribution in [3.05, 3.63) is 65.2 Å². The number of carbonyl (C=O) groups excluding carboxylic acids is 2. The summed E-state index contributed by atoms with van der Waals surface area (Å²) in [5, 5.41) is 12.7. The molecular weight excluding hydrogens is 350 g/mol. The first-order chi connectivity index (χ1) is 12.4. The number of methoxy groups -OCH3 is 1. The van der Waals surface area contributed by atoms with Gasteiger partial charge >= 0.3 is 5.97 Å². The second kappa shape index (κ2) is 9.40. The molecule has 2 N–H and O–H groups in total. The second-order valence-corrected chi connectivity index (χ2v) is 7.29. The monoisotopic (exact) mass is 373 g/mol. The first-order valence-electron chi connectivity index (χ1n) is 8.26. The van der Waals surface area contributed by atoms with Gasteiger partial charge in [-0.05, 0) is 37.1 Å². The van der Waals surface area contributed by atoms with Gasteiger partial charge in [0.1, 0.15) is 0 Å². The minimum Gasteiger partial charge on any atom is -0.465 e. The molecule has 0 fully saturated rings. The molecule has 0 aliphatic rings. The van der Waals surface area contributed by atoms with E-state index in [2.05, 4.69) is 5.32 Å². The van der Waals surface area contributed by atoms with Crippen molar-refractivity contribution >= 4 is 29.3 Å². The molecule has 1 amide bonds. The van der Waals surface area contributed by atoms with Crippen LogP contribution < -0.4 is 5.32 Å². The van der Waals surface area contributed by atoms with Gasteiger partial charge in [0.25, 0.3) is 0 Å². The highest BCUT2D eigenvalue weighted by molar-refractivity contribution is 8.00. The fourth-order valence-corrected chi connectivity index (χ4v) is 3.19. The smallest absolute Gasteiger partial charge is 0.337 e. The lowest BCUT2D eigenvalue weighted by atomic mass is 10.1. The Labute approximate surface area is 157 Å². The number of ether oxygens (including phenoxy) is 1. The van der Waals surface area contributed by atoms with Crippen molar-refractivity contribution in [2.75, 3.05) is 18.2 Å². The van der Waals surface area contributed by atoms with Gasteiger partial charge in [0.15, 0.2) is 0 Å². The van der Waals surface area contributed by atoms with Gasteiger partial charge in [-0.1, -0.05) is 36.4 Å². The summed E-state index contributed by atoms with van der Waals surface area (Å²) < 4.78 is 4.71. The molecule has 2 rings (SSSR count). The molecule has 26 heavy (non-hydrogen) atoms. The summed E-state index contributed by atoms with van der Waals surface area (Å²) in [6.07, 6.45) is -0.624. The van der Waals surface area contributed by atoms with Gasteiger partial charge in [0.05, 0.1) is 24.0 Å². The molecule has 0 aliphatic carbocycles. The number of nitrogens with one attached hydrogen (secondary N) is 1. The Morgan fingerprint density at radius 2 is 1.88 bits per heavy atom. The summed E-state index contributed by atoms with van der Waals surface area (Å²) in [6, 6.07) is 14.4. The zero-order chi connectivity index (χ0) is 19.1. The normalized spacial score (nSPS) is 12.9. The lowest BCUT2D eigenvalue weighted by molar-refractivity contribution is -0.115. The zero-order valence-corrected chi connectivity index (χ0v) is 15.9. The fourth-order valence-electron chi connectivity index (χ4n) is 2.32. The van der Waals surface area contributed by atoms with Gasteiger partial charge in [-0.2, -0.15) is 0 Å². The molecule has 0 spiro atoms. The van der Waals surface area contributed by atoms with Gasteiger partial charge in [-0.3, -0.25) is 4.79 Å². The summed E-state index contributed by atoms with van der Waals surface area (Å²) >= 11 is 1.37. The molecule has 0 bridgehead atoms. The summed E-state index contributed by atoms with van der Waals surface area (Å²) in [5.41, 5.74) is 2.64. The molecule has 5 nitrogen and oxygen atoms in total. The number of carbonyl (C=O) groups is 2. The molecule has 0 saturated carbocycles. The van der Waals surface area contributed by atoms with Crippen molar-refractivity contribution in [2.45, 2.75) is 25.2 Å². The molecule has 0 aliphatic heterocycles. The van der Waals surface area contributed by atoms with Crippen LogP contribution in [0.25, 0.3) is 0 Å². The molecule has 2 aromatic carbocycles. The number of esters is 1. The van der Waals surface area contributed by atoms with Gasteiger partial charge in [-0.25, -0.2) is 4.79 Å². The maximum absolute atomic E-state index is 12.4. The molecule has 2 aromatic rings. The van der Waals surface area contributed by atoms with Crippen LogP contribution >= 0.6 is 11.8 Å². The second-order valence-electron chi connectivity index (χ2n) is 5.91. The maximum atomic E-state index is 12.4. The predicted octanol–water partition coefficient (Wildman–Crippen LogP) is 3.58. The Morgan fingerprint density at radius 3 is 2.54 bits per heavy atom. The quantitative estimate of drug-likeness (QED) is 0.726. The van der Waals surface area contributed by atoms with Crippen LogP contribution in [0.4, 0.5) is 5.69 Å². The van der Waals surface area contributed by atoms with E-state index in [0.29, 0.717) is 17.0 Å². The van der Waals surface area contributed by atoms with Crippen molar-refractivity contribution in [3.8, 4) is 0 Å². The van der Waals surface area contributed by atoms with Crippen LogP contribution in [0.5, 0.6) is 0 Å². The van der Waals surface area contributed by atoms with E-state index in [1.54, 1.807) is 25.1 Å². The van der Waals surface area contributed by atoms with Crippen LogP contribution in [-0.2, 0) is 9.53 Å². The van der Waals surface area contributed by atoms with Crippen LogP contribution in [0.2, 0.25) is 0 Å². The van der Waals surface area contributed by atoms with E-state index >= 15 is 0 Å². The molecular formula is C20H23NO4S. The standard InChI is InChI=1S/C20H23NO4S/c1-13-9-10-16(20(24)25-3)11-17(13)21-19(23)14(2)26-12-18(22)15-7-5-4-6-8-15/h4-11,14,18,22H,12H2,1-3H3,(H,21,23). The molecule has 6 heteroatoms. The Balaban J connectivity index is 1.95. The van der Waals surface area contributed by atoms with E-state index < -0.39 is 12.1 Å². The number of benzene rings is 2. The highest BCUT2D eigenvalue weighted by atomic mass is 32.2. The number of aliphatic hydroxyl groups is 1. The lowest BCUT2D eigenvalue weighted by Gasteiger charge is -2.16. The molecule has 0 radical (unpaired) electrons. The third-order valence-corrected chi connectivity index (χ3v) is 5.20. The highest BCUT2D eigenvalue weighted by Gasteiger charge is 2.18. The lowest BCUT2D eigenvalue weighted by Crippen LogP contribution is -2.24. The Hall–Kier alpha value is -2.31. The van der Waals surface area contributed by atoms with Crippen LogP contribution in [-0.4, -0.2) is 35.1 Å². The topological polar surface area (TPSA) is 75.6 Å². The Bertz CT molecular complexity index is 764. The van der Waals surface area contributed by atoms with Crippen molar-refractivity contribution < 1.29 is 19.4 Å². The fraction of sp³-hybridized carbons (Fsp3) is 0.300. The van der Waals surface area contributed by atoms with Crippen LogP contribution in [0.1, 0.15) is 34.5 Å². The molecule has 0 aromatic heterocycles. The van der Waals surface area contributed by atoms with Crippen molar-refractivity contribution in [3.63, 3.8) is 0 Å². The number of rotatable bonds is 7. The SMILES string of the molecule is COC(=O)c1ccc(C)c(NC(=O)C(C)SCC(O)c2ccccc2)c1. The number of anilines is 1. The maximum Gasteiger partial charge on any atom is 0.337 e. The van der Waals surface area contributed by atoms with Crippen molar-refractivity contribution in [1.82, 2.24) is 0 Å². The van der Waals surface area contributed by atoms with Gasteiger partial charge in [-0.15, -0.1) is 11.8 Å². The average molecular weight is 373 g/mol. The van der Waals surface area contributed by atoms with Crippen LogP contribution in [0.3, 0.4) is 0 Å². The largest absolute Gasteiger partial charge is 0.465 e. The third kappa shape index (κ3) is 5.34. The number of aryl methyl sites for hydroxylation is 1. The molecule has 0 saturated heterocycles. The van der Waals surface area contributed by atoms with Gasteiger partial charge in [0, 0.05) is 11.4 Å². The molecule has 2 unspecified atom stereocenters. The number of amides is 1. The Morgan fingerprint density at radius 1 is 1.19 bits per heavy atom. The Kier molecular flexibility index (Phi) is 7.24. The van der Waals surface area contributed by atoms with E-state index in [9.17, 15) is 14.7 Å². The van der Waals surface area contributed by atoms with Crippen LogP contribution in [0, 0.1) is 6.92 Å². The highest BCUT2D eigenvalue weighted by Crippen LogP contribution is 2.23. The van der Waals surface area contributed by atoms with Gasteiger partial charge < -0.3 is 15.2 Å². The molecule has 0 heterocycles. The van der Waals surface area contributed by atoms with Gasteiger partial charge in [0.2, 0.25) is 5.91 Å². The number of hydrogen-bond donors (Lipinski definition) is 2. The summed E-state index contributed by atoms with van der Waals surface area (Å²) in [7, 11) is 1.32. The first-order valence-corrected chi connectivity index (χ1v) is 9.31. The van der Waals surface area contributed by atoms with Crippen molar-refractivity contribution in [2.24, 2.45) is 0 Å². The van der Waals surface area contributed by atoms with E-state index in [1.807, 2.05) is 37.3 Å². The summed E-state index contributed by atoms with van der Waals surface area (Å²) in [6.45, 7) is 3.64. The van der Waals surface area contributed by atoms with E-state index in [-0.39, 0.29) is 11.2 Å². The summed E-state index contributed by atoms with van der Waals surface area (Å²) in [4.78, 5) is 24.1. The number of thioether (sulfide) groups is 1. The zero-order valence-electron chi connectivity index (χ0n) is 15.1. The summed E-state index contributed by atoms with van der Waals surface area (Å²) in [5.74, 6) is -0.214. The predicted molar refractivity (Wildman–Crippen MR) is 104 cm³/mol. The first kappa shape index (κ1) is 20.0. The van der Waals surface area contributed by atoms with Crippen LogP contribution in [0.15, 0.2) is 48.5 Å². The minimum absolute atomic E-state index is 0.180. The number of hydrogen-bond acceptors (Lipinski definition) is 5. The van der Waals surface area contributed by atoms with Crippen molar-refractivity contribution in [1.29, 1.82) is 0 Å². The van der Waals surface area contributed by atoms with E-state index in [4.69, 9.17) is 4.74 Å². The number of aliphatic hydroxyl groups excluding tert-OH is 1. The minimum atomic E-state index is -0.624. The third-order valence-electron chi connectivity index (χ3n) is 3.97. The molecule has 138 valence electrons. The average Bonchev–Trinajstić information content (AvgIpc) is 2.67. The van der Waals surface area contributed by atoms with E-state index in [1.165, 1.54) is 18.9 Å². The van der Waals surface area contributed by atoms with E-state index in [0.717, 1.165) is 11.1 Å². The molecule has 2 atom stereocenters.